The second-order valence-corrected chi connectivity index (χ2v) is 6.00. The summed E-state index contributed by atoms with van der Waals surface area (Å²) in [6.45, 7) is 6.65. The Kier molecular flexibility index (Phi) is 4.47. The molecule has 2 rings (SSSR count). The Labute approximate surface area is 120 Å². The second-order valence-electron chi connectivity index (χ2n) is 6.00. The van der Waals surface area contributed by atoms with E-state index < -0.39 is 0 Å². The predicted molar refractivity (Wildman–Crippen MR) is 80.9 cm³/mol. The highest BCUT2D eigenvalue weighted by Crippen LogP contribution is 2.23. The van der Waals surface area contributed by atoms with Crippen molar-refractivity contribution in [1.29, 1.82) is 0 Å². The number of nitrogens with one attached hydrogen (secondary N) is 1. The molecule has 4 nitrogen and oxygen atoms in total. The molecule has 106 valence electrons. The minimum Gasteiger partial charge on any atom is -0.271 e. The predicted octanol–water partition coefficient (Wildman–Crippen LogP) is 2.52. The first-order chi connectivity index (χ1) is 9.50. The van der Waals surface area contributed by atoms with Crippen molar-refractivity contribution in [3.05, 3.63) is 59.7 Å². The van der Waals surface area contributed by atoms with Gasteiger partial charge in [-0.3, -0.25) is 11.3 Å². The molecule has 0 spiro atoms. The molecule has 0 radical (unpaired) electrons. The molecule has 1 aromatic carbocycles. The minimum atomic E-state index is -0.00140. The number of nitrogens with zero attached hydrogens (tertiary/aromatic N) is 2. The second kappa shape index (κ2) is 6.11. The maximum Gasteiger partial charge on any atom is 0.115 e. The summed E-state index contributed by atoms with van der Waals surface area (Å²) in [5, 5.41) is 0. The lowest BCUT2D eigenvalue weighted by molar-refractivity contribution is 0.536. The third-order valence-electron chi connectivity index (χ3n) is 3.42. The van der Waals surface area contributed by atoms with Crippen LogP contribution >= 0.6 is 0 Å². The Balaban J connectivity index is 2.13. The summed E-state index contributed by atoms with van der Waals surface area (Å²) < 4.78 is 0. The van der Waals surface area contributed by atoms with Gasteiger partial charge in [0.1, 0.15) is 6.33 Å². The molecule has 0 saturated heterocycles. The largest absolute Gasteiger partial charge is 0.271 e. The van der Waals surface area contributed by atoms with E-state index in [-0.39, 0.29) is 11.5 Å². The van der Waals surface area contributed by atoms with E-state index in [1.807, 2.05) is 6.07 Å². The van der Waals surface area contributed by atoms with E-state index in [1.165, 1.54) is 11.1 Å². The van der Waals surface area contributed by atoms with Gasteiger partial charge in [-0.1, -0.05) is 45.0 Å². The van der Waals surface area contributed by atoms with Crippen molar-refractivity contribution < 1.29 is 0 Å². The molecule has 0 fully saturated rings. The SMILES string of the molecule is CC(C)(C)c1ccc(CC(NN)c2ccncn2)cc1. The van der Waals surface area contributed by atoms with E-state index >= 15 is 0 Å². The number of hydrazine groups is 1. The molecule has 0 amide bonds. The molecule has 0 aliphatic carbocycles. The van der Waals surface area contributed by atoms with E-state index in [0.717, 1.165) is 12.1 Å². The Hall–Kier alpha value is -1.78. The quantitative estimate of drug-likeness (QED) is 0.662. The van der Waals surface area contributed by atoms with Crippen LogP contribution in [0.2, 0.25) is 0 Å². The number of aromatic nitrogens is 2. The summed E-state index contributed by atoms with van der Waals surface area (Å²) in [4.78, 5) is 8.18. The van der Waals surface area contributed by atoms with Crippen LogP contribution in [0.4, 0.5) is 0 Å². The fraction of sp³-hybridized carbons (Fsp3) is 0.375. The molecule has 0 bridgehead atoms. The van der Waals surface area contributed by atoms with Crippen LogP contribution in [0.25, 0.3) is 0 Å². The van der Waals surface area contributed by atoms with Gasteiger partial charge in [-0.15, -0.1) is 0 Å². The van der Waals surface area contributed by atoms with E-state index in [0.29, 0.717) is 0 Å². The van der Waals surface area contributed by atoms with Crippen molar-refractivity contribution in [1.82, 2.24) is 15.4 Å². The number of benzene rings is 1. The molecular formula is C16H22N4. The van der Waals surface area contributed by atoms with Crippen LogP contribution in [0, 0.1) is 0 Å². The van der Waals surface area contributed by atoms with E-state index in [9.17, 15) is 0 Å². The van der Waals surface area contributed by atoms with Crippen molar-refractivity contribution >= 4 is 0 Å². The lowest BCUT2D eigenvalue weighted by atomic mass is 9.86. The lowest BCUT2D eigenvalue weighted by Gasteiger charge is -2.20. The van der Waals surface area contributed by atoms with Crippen LogP contribution in [-0.2, 0) is 11.8 Å². The summed E-state index contributed by atoms with van der Waals surface area (Å²) in [5.41, 5.74) is 6.47. The molecule has 0 saturated carbocycles. The van der Waals surface area contributed by atoms with Crippen LogP contribution in [0.1, 0.15) is 43.6 Å². The zero-order chi connectivity index (χ0) is 14.6. The summed E-state index contributed by atoms with van der Waals surface area (Å²) in [5.74, 6) is 5.64. The smallest absolute Gasteiger partial charge is 0.115 e. The molecular weight excluding hydrogens is 248 g/mol. The van der Waals surface area contributed by atoms with Gasteiger partial charge in [0.15, 0.2) is 0 Å². The number of hydrogen-bond donors (Lipinski definition) is 2. The van der Waals surface area contributed by atoms with Crippen LogP contribution < -0.4 is 11.3 Å². The summed E-state index contributed by atoms with van der Waals surface area (Å²) in [6.07, 6.45) is 4.08. The molecule has 20 heavy (non-hydrogen) atoms. The maximum absolute atomic E-state index is 5.64. The molecule has 0 aliphatic heterocycles. The fourth-order valence-corrected chi connectivity index (χ4v) is 2.13. The standard InChI is InChI=1S/C16H22N4/c1-16(2,3)13-6-4-12(5-7-13)10-15(20-17)14-8-9-18-11-19-14/h4-9,11,15,20H,10,17H2,1-3H3. The molecule has 1 unspecified atom stereocenters. The maximum atomic E-state index is 5.64. The number of hydrogen-bond acceptors (Lipinski definition) is 4. The topological polar surface area (TPSA) is 63.8 Å². The average Bonchev–Trinajstić information content (AvgIpc) is 2.45. The van der Waals surface area contributed by atoms with Gasteiger partial charge < -0.3 is 0 Å². The third kappa shape index (κ3) is 3.62. The van der Waals surface area contributed by atoms with Crippen molar-refractivity contribution in [3.63, 3.8) is 0 Å². The fourth-order valence-electron chi connectivity index (χ4n) is 2.13. The first-order valence-corrected chi connectivity index (χ1v) is 6.82. The highest BCUT2D eigenvalue weighted by Gasteiger charge is 2.15. The van der Waals surface area contributed by atoms with E-state index in [1.54, 1.807) is 12.5 Å². The van der Waals surface area contributed by atoms with Gasteiger partial charge in [-0.25, -0.2) is 9.97 Å². The highest BCUT2D eigenvalue weighted by molar-refractivity contribution is 5.28. The molecule has 1 heterocycles. The first kappa shape index (κ1) is 14.6. The van der Waals surface area contributed by atoms with Gasteiger partial charge in [0, 0.05) is 6.20 Å². The molecule has 1 atom stereocenters. The monoisotopic (exact) mass is 270 g/mol. The van der Waals surface area contributed by atoms with Crippen LogP contribution in [0.3, 0.4) is 0 Å². The number of nitrogens with two attached hydrogens (primary N) is 1. The molecule has 2 aromatic rings. The van der Waals surface area contributed by atoms with Gasteiger partial charge in [-0.2, -0.15) is 0 Å². The average molecular weight is 270 g/mol. The normalized spacial score (nSPS) is 13.2. The first-order valence-electron chi connectivity index (χ1n) is 6.82. The van der Waals surface area contributed by atoms with E-state index in [4.69, 9.17) is 5.84 Å². The Morgan fingerprint density at radius 3 is 2.35 bits per heavy atom. The summed E-state index contributed by atoms with van der Waals surface area (Å²) in [7, 11) is 0. The molecule has 3 N–H and O–H groups in total. The summed E-state index contributed by atoms with van der Waals surface area (Å²) in [6, 6.07) is 10.6. The zero-order valence-electron chi connectivity index (χ0n) is 12.3. The molecule has 0 aliphatic rings. The highest BCUT2D eigenvalue weighted by atomic mass is 15.2. The van der Waals surface area contributed by atoms with Crippen molar-refractivity contribution in [2.24, 2.45) is 5.84 Å². The van der Waals surface area contributed by atoms with Crippen LogP contribution in [-0.4, -0.2) is 9.97 Å². The van der Waals surface area contributed by atoms with Gasteiger partial charge in [0.05, 0.1) is 11.7 Å². The Morgan fingerprint density at radius 1 is 1.15 bits per heavy atom. The zero-order valence-corrected chi connectivity index (χ0v) is 12.3. The lowest BCUT2D eigenvalue weighted by Crippen LogP contribution is -2.30. The van der Waals surface area contributed by atoms with Crippen LogP contribution in [0.15, 0.2) is 42.9 Å². The Morgan fingerprint density at radius 2 is 1.85 bits per heavy atom. The molecule has 4 heteroatoms. The number of rotatable bonds is 4. The summed E-state index contributed by atoms with van der Waals surface area (Å²) >= 11 is 0. The van der Waals surface area contributed by atoms with Gasteiger partial charge in [-0.05, 0) is 29.0 Å². The van der Waals surface area contributed by atoms with E-state index in [2.05, 4.69) is 60.4 Å². The van der Waals surface area contributed by atoms with Gasteiger partial charge >= 0.3 is 0 Å². The van der Waals surface area contributed by atoms with Crippen molar-refractivity contribution in [3.8, 4) is 0 Å². The van der Waals surface area contributed by atoms with Crippen LogP contribution in [0.5, 0.6) is 0 Å². The van der Waals surface area contributed by atoms with Crippen molar-refractivity contribution in [2.75, 3.05) is 0 Å². The Bertz CT molecular complexity index is 529. The van der Waals surface area contributed by atoms with Gasteiger partial charge in [0.25, 0.3) is 0 Å². The minimum absolute atomic E-state index is 0.00140. The molecule has 1 aromatic heterocycles. The van der Waals surface area contributed by atoms with Gasteiger partial charge in [0.2, 0.25) is 0 Å². The third-order valence-corrected chi connectivity index (χ3v) is 3.42. The van der Waals surface area contributed by atoms with Crippen molar-refractivity contribution in [2.45, 2.75) is 38.6 Å².